The third-order valence-corrected chi connectivity index (χ3v) is 3.02. The van der Waals surface area contributed by atoms with Crippen molar-refractivity contribution < 1.29 is 4.74 Å². The standard InChI is InChI=1S/C10H9BrN2OS/c11-7-1-3-9(4-2-7)14-5-8-6-15-10(12)13-8/h1-4,6H,5H2,(H2,12,13). The fourth-order valence-corrected chi connectivity index (χ4v) is 1.89. The SMILES string of the molecule is Nc1nc(COc2ccc(Br)cc2)cs1. The van der Waals surface area contributed by atoms with Crippen LogP contribution in [0.3, 0.4) is 0 Å². The van der Waals surface area contributed by atoms with Gasteiger partial charge >= 0.3 is 0 Å². The van der Waals surface area contributed by atoms with Crippen molar-refractivity contribution in [1.29, 1.82) is 0 Å². The van der Waals surface area contributed by atoms with Crippen LogP contribution >= 0.6 is 27.3 Å². The predicted molar refractivity (Wildman–Crippen MR) is 65.0 cm³/mol. The summed E-state index contributed by atoms with van der Waals surface area (Å²) in [5.74, 6) is 0.824. The third kappa shape index (κ3) is 2.94. The van der Waals surface area contributed by atoms with Gasteiger partial charge in [-0.3, -0.25) is 0 Å². The van der Waals surface area contributed by atoms with Gasteiger partial charge in [0.05, 0.1) is 5.69 Å². The van der Waals surface area contributed by atoms with E-state index >= 15 is 0 Å². The Balaban J connectivity index is 1.96. The lowest BCUT2D eigenvalue weighted by atomic mass is 10.3. The summed E-state index contributed by atoms with van der Waals surface area (Å²) >= 11 is 4.78. The molecule has 0 saturated carbocycles. The van der Waals surface area contributed by atoms with Crippen molar-refractivity contribution in [2.24, 2.45) is 0 Å². The maximum Gasteiger partial charge on any atom is 0.180 e. The van der Waals surface area contributed by atoms with Crippen LogP contribution in [0.2, 0.25) is 0 Å². The first-order valence-corrected chi connectivity index (χ1v) is 5.99. The summed E-state index contributed by atoms with van der Waals surface area (Å²) in [7, 11) is 0. The highest BCUT2D eigenvalue weighted by molar-refractivity contribution is 9.10. The minimum Gasteiger partial charge on any atom is -0.487 e. The molecule has 2 aromatic rings. The normalized spacial score (nSPS) is 10.2. The highest BCUT2D eigenvalue weighted by atomic mass is 79.9. The molecule has 15 heavy (non-hydrogen) atoms. The molecule has 1 aromatic carbocycles. The highest BCUT2D eigenvalue weighted by Crippen LogP contribution is 2.18. The number of halogens is 1. The Morgan fingerprint density at radius 2 is 2.07 bits per heavy atom. The molecule has 0 aliphatic carbocycles. The number of ether oxygens (including phenoxy) is 1. The van der Waals surface area contributed by atoms with Crippen LogP contribution in [0.5, 0.6) is 5.75 Å². The molecule has 78 valence electrons. The number of thiazole rings is 1. The minimum atomic E-state index is 0.454. The average Bonchev–Trinajstić information content (AvgIpc) is 2.64. The maximum atomic E-state index is 5.53. The number of nitrogen functional groups attached to an aromatic ring is 1. The molecule has 0 unspecified atom stereocenters. The zero-order chi connectivity index (χ0) is 10.7. The predicted octanol–water partition coefficient (Wildman–Crippen LogP) is 3.07. The molecule has 1 heterocycles. The summed E-state index contributed by atoms with van der Waals surface area (Å²) in [6.07, 6.45) is 0. The molecule has 0 bridgehead atoms. The lowest BCUT2D eigenvalue weighted by Crippen LogP contribution is -1.95. The van der Waals surface area contributed by atoms with Crippen LogP contribution in [0.15, 0.2) is 34.1 Å². The molecule has 2 N–H and O–H groups in total. The molecule has 0 aliphatic heterocycles. The van der Waals surface area contributed by atoms with E-state index < -0.39 is 0 Å². The van der Waals surface area contributed by atoms with Crippen LogP contribution in [0, 0.1) is 0 Å². The Morgan fingerprint density at radius 3 is 2.67 bits per heavy atom. The van der Waals surface area contributed by atoms with Gasteiger partial charge in [-0.05, 0) is 24.3 Å². The fourth-order valence-electron chi connectivity index (χ4n) is 1.08. The van der Waals surface area contributed by atoms with Gasteiger partial charge in [0.15, 0.2) is 5.13 Å². The second-order valence-corrected chi connectivity index (χ2v) is 4.73. The molecular formula is C10H9BrN2OS. The average molecular weight is 285 g/mol. The van der Waals surface area contributed by atoms with Gasteiger partial charge < -0.3 is 10.5 Å². The summed E-state index contributed by atoms with van der Waals surface area (Å²) < 4.78 is 6.56. The van der Waals surface area contributed by atoms with Crippen LogP contribution in [-0.2, 0) is 6.61 Å². The fraction of sp³-hybridized carbons (Fsp3) is 0.100. The molecule has 0 radical (unpaired) electrons. The second-order valence-electron chi connectivity index (χ2n) is 2.92. The summed E-state index contributed by atoms with van der Waals surface area (Å²) in [6.45, 7) is 0.454. The number of rotatable bonds is 3. The third-order valence-electron chi connectivity index (χ3n) is 1.77. The van der Waals surface area contributed by atoms with Gasteiger partial charge in [-0.1, -0.05) is 15.9 Å². The molecule has 0 amide bonds. The van der Waals surface area contributed by atoms with Crippen molar-refractivity contribution in [3.05, 3.63) is 39.8 Å². The van der Waals surface area contributed by atoms with E-state index in [1.807, 2.05) is 29.6 Å². The van der Waals surface area contributed by atoms with Crippen LogP contribution in [0.25, 0.3) is 0 Å². The Labute approximate surface area is 100 Å². The van der Waals surface area contributed by atoms with E-state index in [1.54, 1.807) is 0 Å². The first-order chi connectivity index (χ1) is 7.24. The van der Waals surface area contributed by atoms with Crippen LogP contribution in [0.1, 0.15) is 5.69 Å². The van der Waals surface area contributed by atoms with Gasteiger partial charge in [0.2, 0.25) is 0 Å². The van der Waals surface area contributed by atoms with E-state index in [0.717, 1.165) is 15.9 Å². The summed E-state index contributed by atoms with van der Waals surface area (Å²) in [6, 6.07) is 7.68. The van der Waals surface area contributed by atoms with Gasteiger partial charge in [-0.25, -0.2) is 4.98 Å². The first-order valence-electron chi connectivity index (χ1n) is 4.32. The molecule has 0 fully saturated rings. The van der Waals surface area contributed by atoms with Crippen molar-refractivity contribution in [1.82, 2.24) is 4.98 Å². The van der Waals surface area contributed by atoms with Crippen LogP contribution in [0.4, 0.5) is 5.13 Å². The van der Waals surface area contributed by atoms with Gasteiger partial charge in [-0.15, -0.1) is 11.3 Å². The molecule has 5 heteroatoms. The van der Waals surface area contributed by atoms with Gasteiger partial charge in [-0.2, -0.15) is 0 Å². The monoisotopic (exact) mass is 284 g/mol. The number of anilines is 1. The lowest BCUT2D eigenvalue weighted by molar-refractivity contribution is 0.302. The van der Waals surface area contributed by atoms with Gasteiger partial charge in [0.25, 0.3) is 0 Å². The second kappa shape index (κ2) is 4.63. The number of nitrogens with zero attached hydrogens (tertiary/aromatic N) is 1. The molecule has 0 atom stereocenters. The van der Waals surface area contributed by atoms with Crippen molar-refractivity contribution >= 4 is 32.4 Å². The highest BCUT2D eigenvalue weighted by Gasteiger charge is 1.99. The number of hydrogen-bond acceptors (Lipinski definition) is 4. The van der Waals surface area contributed by atoms with E-state index in [0.29, 0.717) is 11.7 Å². The molecule has 3 nitrogen and oxygen atoms in total. The number of hydrogen-bond donors (Lipinski definition) is 1. The summed E-state index contributed by atoms with van der Waals surface area (Å²) in [5, 5.41) is 2.47. The quantitative estimate of drug-likeness (QED) is 0.942. The molecular weight excluding hydrogens is 276 g/mol. The topological polar surface area (TPSA) is 48.1 Å². The summed E-state index contributed by atoms with van der Waals surface area (Å²) in [4.78, 5) is 4.11. The zero-order valence-corrected chi connectivity index (χ0v) is 10.2. The smallest absolute Gasteiger partial charge is 0.180 e. The minimum absolute atomic E-state index is 0.454. The van der Waals surface area contributed by atoms with E-state index in [2.05, 4.69) is 20.9 Å². The van der Waals surface area contributed by atoms with Crippen molar-refractivity contribution in [2.45, 2.75) is 6.61 Å². The Morgan fingerprint density at radius 1 is 1.33 bits per heavy atom. The molecule has 2 rings (SSSR count). The summed E-state index contributed by atoms with van der Waals surface area (Å²) in [5.41, 5.74) is 6.37. The van der Waals surface area contributed by atoms with Gasteiger partial charge in [0, 0.05) is 9.85 Å². The number of aromatic nitrogens is 1. The van der Waals surface area contributed by atoms with E-state index in [-0.39, 0.29) is 0 Å². The Bertz CT molecular complexity index is 441. The largest absolute Gasteiger partial charge is 0.487 e. The zero-order valence-electron chi connectivity index (χ0n) is 7.81. The first kappa shape index (κ1) is 10.4. The molecule has 1 aromatic heterocycles. The van der Waals surface area contributed by atoms with E-state index in [1.165, 1.54) is 11.3 Å². The van der Waals surface area contributed by atoms with Gasteiger partial charge in [0.1, 0.15) is 12.4 Å². The van der Waals surface area contributed by atoms with Crippen molar-refractivity contribution in [2.75, 3.05) is 5.73 Å². The van der Waals surface area contributed by atoms with Crippen LogP contribution < -0.4 is 10.5 Å². The van der Waals surface area contributed by atoms with E-state index in [4.69, 9.17) is 10.5 Å². The van der Waals surface area contributed by atoms with Crippen LogP contribution in [-0.4, -0.2) is 4.98 Å². The molecule has 0 aliphatic rings. The van der Waals surface area contributed by atoms with Crippen molar-refractivity contribution in [3.63, 3.8) is 0 Å². The number of benzene rings is 1. The molecule has 0 spiro atoms. The van der Waals surface area contributed by atoms with E-state index in [9.17, 15) is 0 Å². The maximum absolute atomic E-state index is 5.53. The Kier molecular flexibility index (Phi) is 3.23. The van der Waals surface area contributed by atoms with Crippen molar-refractivity contribution in [3.8, 4) is 5.75 Å². The molecule has 0 saturated heterocycles. The number of nitrogens with two attached hydrogens (primary N) is 1. The lowest BCUT2D eigenvalue weighted by Gasteiger charge is -2.03. The Hall–Kier alpha value is -1.07.